The van der Waals surface area contributed by atoms with Gasteiger partial charge in [0, 0.05) is 33.3 Å². The number of nitrogens with one attached hydrogen (secondary N) is 5. The molecule has 1 aromatic carbocycles. The maximum atomic E-state index is 13.9. The predicted octanol–water partition coefficient (Wildman–Crippen LogP) is -6.00. The fraction of sp³-hybridized carbons (Fsp3) is 0.804. The number of carbonyl (C=O) groups excluding carboxylic acids is 5. The summed E-state index contributed by atoms with van der Waals surface area (Å²) >= 11 is 0. The molecule has 0 spiro atoms. The van der Waals surface area contributed by atoms with Crippen LogP contribution in [0.1, 0.15) is 103 Å². The highest BCUT2D eigenvalue weighted by Gasteiger charge is 2.58. The largest absolute Gasteiger partial charge is 0.494 e. The van der Waals surface area contributed by atoms with E-state index >= 15 is 0 Å². The molecule has 32 heteroatoms. The van der Waals surface area contributed by atoms with Crippen molar-refractivity contribution in [3.63, 3.8) is 0 Å². The fourth-order valence-electron chi connectivity index (χ4n) is 11.4. The highest BCUT2D eigenvalue weighted by molar-refractivity contribution is 5.94. The normalized spacial score (nSPS) is 37.7. The molecule has 6 rings (SSSR count). The highest BCUT2D eigenvalue weighted by Crippen LogP contribution is 2.36. The first kappa shape index (κ1) is 72.6. The van der Waals surface area contributed by atoms with E-state index in [4.69, 9.17) is 47.4 Å². The van der Waals surface area contributed by atoms with Crippen molar-refractivity contribution in [2.24, 2.45) is 0 Å². The number of carbonyl (C=O) groups is 5. The van der Waals surface area contributed by atoms with Crippen molar-refractivity contribution in [1.29, 1.82) is 0 Å². The molecule has 502 valence electrons. The number of hydrogen-bond donors (Lipinski definition) is 17. The van der Waals surface area contributed by atoms with Gasteiger partial charge in [-0.25, -0.2) is 0 Å². The van der Waals surface area contributed by atoms with Crippen molar-refractivity contribution in [2.45, 2.75) is 246 Å². The van der Waals surface area contributed by atoms with Gasteiger partial charge in [0.15, 0.2) is 31.5 Å². The topological polar surface area (TPSA) is 481 Å². The van der Waals surface area contributed by atoms with Crippen LogP contribution in [-0.2, 0) is 61.8 Å². The van der Waals surface area contributed by atoms with Gasteiger partial charge in [-0.15, -0.1) is 0 Å². The van der Waals surface area contributed by atoms with Crippen LogP contribution in [0, 0.1) is 0 Å². The average Bonchev–Trinajstić information content (AvgIpc) is 1.52. The van der Waals surface area contributed by atoms with E-state index in [0.29, 0.717) is 12.4 Å². The zero-order valence-electron chi connectivity index (χ0n) is 49.8. The summed E-state index contributed by atoms with van der Waals surface area (Å²) < 4.78 is 59.9. The summed E-state index contributed by atoms with van der Waals surface area (Å²) in [6.45, 7) is 2.10. The summed E-state index contributed by atoms with van der Waals surface area (Å²) in [7, 11) is 0. The minimum atomic E-state index is -2.03. The standard InChI is InChI=1S/C56H91N5O27/c1-6-7-8-9-10-11-12-13-14-18-79-30-17-15-16-29(19-30)51(77)61-37-42(72)41(71)31(20-62)81-53(37)86-48-33(22-64)83-55(39(44(48)74)59-27(4)69)88-50-35(24-66)84-56(40(46(50)76)60-28(5)70)87-49-34(23-65)82-54(38(45(49)75)58-26(3)68)85-47-32(21-63)80-52(78)36(43(47)73)57-25(2)67/h15-17,19,31-50,52-56,62-66,71-76,78H,6-14,18,20-24H2,1-5H3,(H,57,67)(H,58,68)(H,59,69)(H,60,70)(H,61,77)/t31?,32?,33-,34-,35?,36-,37-,38?,39?,40-,41+,42?,43+,44?,45?,46+,47?,48+,49+,50?,52?,53-,54?,55?,56-/m0/s1. The van der Waals surface area contributed by atoms with Gasteiger partial charge in [-0.1, -0.05) is 64.4 Å². The molecule has 32 nitrogen and oxygen atoms in total. The van der Waals surface area contributed by atoms with Gasteiger partial charge in [0.25, 0.3) is 5.91 Å². The van der Waals surface area contributed by atoms with Crippen LogP contribution >= 0.6 is 0 Å². The van der Waals surface area contributed by atoms with E-state index in [9.17, 15) is 85.3 Å². The van der Waals surface area contributed by atoms with Crippen molar-refractivity contribution in [2.75, 3.05) is 39.6 Å². The quantitative estimate of drug-likeness (QED) is 0.0319. The Morgan fingerprint density at radius 3 is 1.15 bits per heavy atom. The maximum absolute atomic E-state index is 13.9. The second-order valence-corrected chi connectivity index (χ2v) is 22.6. The first-order valence-corrected chi connectivity index (χ1v) is 29.8. The lowest BCUT2D eigenvalue weighted by Gasteiger charge is -2.51. The molecule has 0 aliphatic carbocycles. The van der Waals surface area contributed by atoms with Crippen LogP contribution in [0.3, 0.4) is 0 Å². The van der Waals surface area contributed by atoms with Crippen LogP contribution in [0.25, 0.3) is 0 Å². The monoisotopic (exact) mass is 1270 g/mol. The summed E-state index contributed by atoms with van der Waals surface area (Å²) in [5.41, 5.74) is 0.0716. The smallest absolute Gasteiger partial charge is 0.251 e. The number of aliphatic hydroxyl groups excluding tert-OH is 12. The summed E-state index contributed by atoms with van der Waals surface area (Å²) in [4.78, 5) is 64.1. The average molecular weight is 1270 g/mol. The van der Waals surface area contributed by atoms with E-state index in [1.165, 1.54) is 44.2 Å². The molecule has 13 unspecified atom stereocenters. The number of amides is 5. The molecular weight excluding hydrogens is 1170 g/mol. The van der Waals surface area contributed by atoms with E-state index in [0.717, 1.165) is 53.4 Å². The Labute approximate surface area is 508 Å². The van der Waals surface area contributed by atoms with Crippen LogP contribution in [0.4, 0.5) is 0 Å². The van der Waals surface area contributed by atoms with Gasteiger partial charge in [0.1, 0.15) is 128 Å². The number of ether oxygens (including phenoxy) is 10. The van der Waals surface area contributed by atoms with E-state index in [1.54, 1.807) is 12.1 Å². The van der Waals surface area contributed by atoms with Gasteiger partial charge in [0.05, 0.1) is 39.6 Å². The number of unbranched alkanes of at least 4 members (excludes halogenated alkanes) is 8. The van der Waals surface area contributed by atoms with Crippen LogP contribution in [-0.4, -0.2) is 284 Å². The van der Waals surface area contributed by atoms with E-state index in [1.807, 2.05) is 0 Å². The molecule has 0 bridgehead atoms. The number of aliphatic hydroxyl groups is 12. The minimum absolute atomic E-state index is 0.0716. The second kappa shape index (κ2) is 34.8. The van der Waals surface area contributed by atoms with E-state index in [2.05, 4.69) is 33.5 Å². The van der Waals surface area contributed by atoms with Crippen LogP contribution in [0.15, 0.2) is 24.3 Å². The Kier molecular flexibility index (Phi) is 28.7. The Hall–Kier alpha value is -4.47. The second-order valence-electron chi connectivity index (χ2n) is 22.6. The first-order valence-electron chi connectivity index (χ1n) is 29.8. The van der Waals surface area contributed by atoms with Gasteiger partial charge in [-0.05, 0) is 24.6 Å². The van der Waals surface area contributed by atoms with Crippen molar-refractivity contribution in [3.8, 4) is 5.75 Å². The van der Waals surface area contributed by atoms with Crippen molar-refractivity contribution >= 4 is 29.5 Å². The lowest BCUT2D eigenvalue weighted by molar-refractivity contribution is -0.367. The fourth-order valence-corrected chi connectivity index (χ4v) is 11.4. The summed E-state index contributed by atoms with van der Waals surface area (Å²) in [5, 5.41) is 145. The third kappa shape index (κ3) is 18.8. The van der Waals surface area contributed by atoms with Crippen molar-refractivity contribution in [3.05, 3.63) is 29.8 Å². The molecule has 88 heavy (non-hydrogen) atoms. The lowest BCUT2D eigenvalue weighted by Crippen LogP contribution is -2.72. The SMILES string of the molecule is CCCCCCCCCCCOc1cccc(C(=O)N[C@H]2C(O)[C@H](O)C(CO)O[C@H]2O[C@H]2C(O)C(NC(C)=O)C(OC3C(CO)O[C@@H](O[C@H]4C(O)C(NC(C)=O)C(OC5C(CO)OC(O)[C@@H](NC(C)=O)[C@H]5O)O[C@H]4CO)[C@@H](NC(C)=O)[C@H]3O)O[C@H]2CO)c1. The Balaban J connectivity index is 1.18. The summed E-state index contributed by atoms with van der Waals surface area (Å²) in [5.74, 6) is -3.50. The molecule has 1 aromatic rings. The van der Waals surface area contributed by atoms with Crippen molar-refractivity contribution < 1.29 is 133 Å². The van der Waals surface area contributed by atoms with Crippen molar-refractivity contribution in [1.82, 2.24) is 26.6 Å². The minimum Gasteiger partial charge on any atom is -0.494 e. The summed E-state index contributed by atoms with van der Waals surface area (Å²) in [6.07, 6.45) is -25.8. The third-order valence-corrected chi connectivity index (χ3v) is 15.9. The van der Waals surface area contributed by atoms with E-state index in [-0.39, 0.29) is 5.56 Å². The molecule has 5 aliphatic heterocycles. The van der Waals surface area contributed by atoms with Crippen LogP contribution < -0.4 is 31.3 Å². The molecule has 0 radical (unpaired) electrons. The number of benzene rings is 1. The van der Waals surface area contributed by atoms with Gasteiger partial charge in [-0.2, -0.15) is 0 Å². The van der Waals surface area contributed by atoms with Gasteiger partial charge < -0.3 is 135 Å². The maximum Gasteiger partial charge on any atom is 0.251 e. The van der Waals surface area contributed by atoms with Crippen LogP contribution in [0.2, 0.25) is 0 Å². The molecule has 5 aliphatic rings. The number of hydrogen-bond acceptors (Lipinski definition) is 27. The zero-order chi connectivity index (χ0) is 64.5. The van der Waals surface area contributed by atoms with Gasteiger partial charge in [0.2, 0.25) is 23.6 Å². The Morgan fingerprint density at radius 2 is 0.761 bits per heavy atom. The van der Waals surface area contributed by atoms with Gasteiger partial charge in [-0.3, -0.25) is 24.0 Å². The highest BCUT2D eigenvalue weighted by atomic mass is 16.8. The number of rotatable bonds is 30. The molecule has 0 saturated carbocycles. The Morgan fingerprint density at radius 1 is 0.420 bits per heavy atom. The van der Waals surface area contributed by atoms with Crippen LogP contribution in [0.5, 0.6) is 5.75 Å². The Bertz CT molecular complexity index is 2350. The molecule has 0 aromatic heterocycles. The molecule has 5 saturated heterocycles. The van der Waals surface area contributed by atoms with E-state index < -0.39 is 216 Å². The molecule has 17 N–H and O–H groups in total. The molecule has 25 atom stereocenters. The summed E-state index contributed by atoms with van der Waals surface area (Å²) in [6, 6.07) is -2.10. The molecule has 5 amide bonds. The lowest BCUT2D eigenvalue weighted by atomic mass is 9.93. The molecule has 5 heterocycles. The predicted molar refractivity (Wildman–Crippen MR) is 297 cm³/mol. The third-order valence-electron chi connectivity index (χ3n) is 15.9. The first-order chi connectivity index (χ1) is 42.0. The van der Waals surface area contributed by atoms with Gasteiger partial charge >= 0.3 is 0 Å². The zero-order valence-corrected chi connectivity index (χ0v) is 49.8. The molecule has 5 fully saturated rings. The molecular formula is C56H91N5O27.